The van der Waals surface area contributed by atoms with Gasteiger partial charge in [0.05, 0.1) is 11.7 Å². The molecule has 0 bridgehead atoms. The second kappa shape index (κ2) is 6.81. The molecular weight excluding hydrogens is 350 g/mol. The smallest absolute Gasteiger partial charge is 0.254 e. The summed E-state index contributed by atoms with van der Waals surface area (Å²) in [7, 11) is 0. The van der Waals surface area contributed by atoms with Crippen molar-refractivity contribution in [1.82, 2.24) is 24.6 Å². The molecule has 3 aromatic heterocycles. The molecule has 0 saturated heterocycles. The molecule has 6 nitrogen and oxygen atoms in total. The van der Waals surface area contributed by atoms with E-state index in [1.165, 1.54) is 0 Å². The van der Waals surface area contributed by atoms with Gasteiger partial charge in [0.2, 0.25) is 0 Å². The van der Waals surface area contributed by atoms with Crippen molar-refractivity contribution in [1.29, 1.82) is 0 Å². The van der Waals surface area contributed by atoms with Gasteiger partial charge < -0.3 is 9.47 Å². The molecule has 1 aliphatic heterocycles. The molecule has 4 aromatic rings. The van der Waals surface area contributed by atoms with Gasteiger partial charge in [-0.05, 0) is 47.5 Å². The van der Waals surface area contributed by atoms with Crippen LogP contribution in [0.2, 0.25) is 0 Å². The number of benzene rings is 1. The van der Waals surface area contributed by atoms with E-state index in [9.17, 15) is 4.79 Å². The minimum absolute atomic E-state index is 0.0254. The normalized spacial score (nSPS) is 16.0. The summed E-state index contributed by atoms with van der Waals surface area (Å²) in [5.41, 5.74) is 4.75. The molecule has 1 atom stereocenters. The van der Waals surface area contributed by atoms with Gasteiger partial charge in [-0.3, -0.25) is 14.9 Å². The van der Waals surface area contributed by atoms with Crippen LogP contribution in [-0.4, -0.2) is 37.1 Å². The molecule has 28 heavy (non-hydrogen) atoms. The quantitative estimate of drug-likeness (QED) is 0.601. The SMILES string of the molecule is O=C(c1ccc(-c2ccn[nH]2)cc1)N1CCn2cccc2[C@H]1c1cccnc1. The minimum Gasteiger partial charge on any atom is -0.348 e. The molecule has 0 unspecified atom stereocenters. The Morgan fingerprint density at radius 2 is 1.89 bits per heavy atom. The van der Waals surface area contributed by atoms with E-state index < -0.39 is 0 Å². The van der Waals surface area contributed by atoms with Crippen molar-refractivity contribution >= 4 is 5.91 Å². The number of nitrogens with one attached hydrogen (secondary N) is 1. The van der Waals surface area contributed by atoms with E-state index >= 15 is 0 Å². The van der Waals surface area contributed by atoms with E-state index in [4.69, 9.17) is 0 Å². The number of fused-ring (bicyclic) bond motifs is 1. The summed E-state index contributed by atoms with van der Waals surface area (Å²) in [6.07, 6.45) is 7.39. The maximum atomic E-state index is 13.4. The molecule has 1 amide bonds. The van der Waals surface area contributed by atoms with Gasteiger partial charge in [-0.15, -0.1) is 0 Å². The zero-order valence-corrected chi connectivity index (χ0v) is 15.2. The number of hydrogen-bond donors (Lipinski definition) is 1. The average Bonchev–Trinajstić information content (AvgIpc) is 3.45. The third-order valence-corrected chi connectivity index (χ3v) is 5.24. The molecule has 0 spiro atoms. The van der Waals surface area contributed by atoms with Crippen LogP contribution in [0.3, 0.4) is 0 Å². The fraction of sp³-hybridized carbons (Fsp3) is 0.136. The molecule has 1 aliphatic rings. The van der Waals surface area contributed by atoms with Crippen molar-refractivity contribution in [3.8, 4) is 11.3 Å². The van der Waals surface area contributed by atoms with Crippen LogP contribution >= 0.6 is 0 Å². The number of hydrogen-bond acceptors (Lipinski definition) is 3. The lowest BCUT2D eigenvalue weighted by atomic mass is 10.00. The summed E-state index contributed by atoms with van der Waals surface area (Å²) in [6, 6.07) is 17.5. The van der Waals surface area contributed by atoms with Gasteiger partial charge in [0.25, 0.3) is 5.91 Å². The number of amides is 1. The molecule has 0 radical (unpaired) electrons. The van der Waals surface area contributed by atoms with Crippen molar-refractivity contribution in [3.63, 3.8) is 0 Å². The highest BCUT2D eigenvalue weighted by atomic mass is 16.2. The third-order valence-electron chi connectivity index (χ3n) is 5.24. The number of aromatic nitrogens is 4. The van der Waals surface area contributed by atoms with Crippen LogP contribution in [0.25, 0.3) is 11.3 Å². The fourth-order valence-corrected chi connectivity index (χ4v) is 3.87. The summed E-state index contributed by atoms with van der Waals surface area (Å²) >= 11 is 0. The van der Waals surface area contributed by atoms with Gasteiger partial charge in [-0.25, -0.2) is 0 Å². The maximum absolute atomic E-state index is 13.4. The number of aromatic amines is 1. The number of pyridine rings is 1. The zero-order valence-electron chi connectivity index (χ0n) is 15.2. The number of carbonyl (C=O) groups is 1. The van der Waals surface area contributed by atoms with Crippen LogP contribution in [0.1, 0.15) is 27.7 Å². The van der Waals surface area contributed by atoms with Gasteiger partial charge >= 0.3 is 0 Å². The van der Waals surface area contributed by atoms with Gasteiger partial charge in [-0.2, -0.15) is 5.10 Å². The molecule has 0 aliphatic carbocycles. The van der Waals surface area contributed by atoms with Crippen molar-refractivity contribution in [2.45, 2.75) is 12.6 Å². The van der Waals surface area contributed by atoms with Gasteiger partial charge in [-0.1, -0.05) is 18.2 Å². The Kier molecular flexibility index (Phi) is 4.01. The van der Waals surface area contributed by atoms with Crippen molar-refractivity contribution in [2.75, 3.05) is 6.54 Å². The third kappa shape index (κ3) is 2.79. The summed E-state index contributed by atoms with van der Waals surface area (Å²) in [5, 5.41) is 6.93. The van der Waals surface area contributed by atoms with Crippen molar-refractivity contribution in [2.24, 2.45) is 0 Å². The summed E-state index contributed by atoms with van der Waals surface area (Å²) < 4.78 is 2.21. The van der Waals surface area contributed by atoms with E-state index in [2.05, 4.69) is 32.0 Å². The monoisotopic (exact) mass is 369 g/mol. The van der Waals surface area contributed by atoms with Crippen LogP contribution < -0.4 is 0 Å². The first-order valence-corrected chi connectivity index (χ1v) is 9.27. The molecule has 0 saturated carbocycles. The predicted molar refractivity (Wildman–Crippen MR) is 106 cm³/mol. The molecule has 6 heteroatoms. The van der Waals surface area contributed by atoms with Gasteiger partial charge in [0, 0.05) is 49.1 Å². The summed E-state index contributed by atoms with van der Waals surface area (Å²) in [6.45, 7) is 1.44. The summed E-state index contributed by atoms with van der Waals surface area (Å²) in [4.78, 5) is 19.6. The summed E-state index contributed by atoms with van der Waals surface area (Å²) in [5.74, 6) is 0.0254. The first-order chi connectivity index (χ1) is 13.8. The number of carbonyl (C=O) groups excluding carboxylic acids is 1. The lowest BCUT2D eigenvalue weighted by molar-refractivity contribution is 0.0664. The lowest BCUT2D eigenvalue weighted by Gasteiger charge is -2.37. The van der Waals surface area contributed by atoms with Crippen LogP contribution in [0.5, 0.6) is 0 Å². The average molecular weight is 369 g/mol. The second-order valence-corrected chi connectivity index (χ2v) is 6.86. The minimum atomic E-state index is -0.141. The predicted octanol–water partition coefficient (Wildman–Crippen LogP) is 3.52. The van der Waals surface area contributed by atoms with Gasteiger partial charge in [0.15, 0.2) is 0 Å². The van der Waals surface area contributed by atoms with Crippen molar-refractivity contribution in [3.05, 3.63) is 96.2 Å². The molecule has 1 N–H and O–H groups in total. The Hall–Kier alpha value is -3.67. The van der Waals surface area contributed by atoms with E-state index in [1.54, 1.807) is 12.4 Å². The highest BCUT2D eigenvalue weighted by Gasteiger charge is 2.32. The first kappa shape index (κ1) is 16.5. The highest BCUT2D eigenvalue weighted by Crippen LogP contribution is 2.33. The Morgan fingerprint density at radius 3 is 2.64 bits per heavy atom. The molecular formula is C22H19N5O. The van der Waals surface area contributed by atoms with Crippen molar-refractivity contribution < 1.29 is 4.79 Å². The number of rotatable bonds is 3. The van der Waals surface area contributed by atoms with Crippen LogP contribution in [0, 0.1) is 0 Å². The first-order valence-electron chi connectivity index (χ1n) is 9.27. The maximum Gasteiger partial charge on any atom is 0.254 e. The van der Waals surface area contributed by atoms with Gasteiger partial charge in [0.1, 0.15) is 0 Å². The topological polar surface area (TPSA) is 66.8 Å². The van der Waals surface area contributed by atoms with E-state index in [0.29, 0.717) is 12.1 Å². The second-order valence-electron chi connectivity index (χ2n) is 6.86. The Bertz CT molecular complexity index is 1080. The van der Waals surface area contributed by atoms with E-state index in [0.717, 1.165) is 29.1 Å². The lowest BCUT2D eigenvalue weighted by Crippen LogP contribution is -2.42. The Balaban J connectivity index is 1.49. The number of H-pyrrole nitrogens is 1. The Morgan fingerprint density at radius 1 is 1.00 bits per heavy atom. The van der Waals surface area contributed by atoms with E-state index in [1.807, 2.05) is 59.6 Å². The van der Waals surface area contributed by atoms with Crippen LogP contribution in [0.4, 0.5) is 0 Å². The standard InChI is InChI=1S/C22H19N5O/c28-22(17-7-5-16(6-8-17)19-9-11-24-25-19)27-14-13-26-12-2-4-20(26)21(27)18-3-1-10-23-15-18/h1-12,15,21H,13-14H2,(H,24,25)/t21-/m1/s1. The highest BCUT2D eigenvalue weighted by molar-refractivity contribution is 5.95. The molecule has 1 aromatic carbocycles. The van der Waals surface area contributed by atoms with Crippen LogP contribution in [-0.2, 0) is 6.54 Å². The fourth-order valence-electron chi connectivity index (χ4n) is 3.87. The molecule has 4 heterocycles. The molecule has 5 rings (SSSR count). The Labute approximate surface area is 162 Å². The van der Waals surface area contributed by atoms with E-state index in [-0.39, 0.29) is 11.9 Å². The number of nitrogens with zero attached hydrogens (tertiary/aromatic N) is 4. The molecule has 0 fully saturated rings. The van der Waals surface area contributed by atoms with Crippen LogP contribution in [0.15, 0.2) is 79.4 Å². The zero-order chi connectivity index (χ0) is 18.9. The molecule has 138 valence electrons. The largest absolute Gasteiger partial charge is 0.348 e.